The van der Waals surface area contributed by atoms with Crippen LogP contribution in [0.25, 0.3) is 0 Å². The second-order valence-electron chi connectivity index (χ2n) is 3.08. The molecular formula is C11H11ClN2O2. The highest BCUT2D eigenvalue weighted by molar-refractivity contribution is 6.31. The van der Waals surface area contributed by atoms with Crippen LogP contribution in [-0.2, 0) is 11.2 Å². The monoisotopic (exact) mass is 238 g/mol. The molecule has 0 aliphatic carbocycles. The average molecular weight is 239 g/mol. The average Bonchev–Trinajstić information content (AvgIpc) is 2.30. The SMILES string of the molecule is COc1ccc(CCNC(=O)C#N)c(Cl)c1. The fourth-order valence-electron chi connectivity index (χ4n) is 1.21. The number of hydrogen-bond acceptors (Lipinski definition) is 3. The van der Waals surface area contributed by atoms with E-state index in [0.29, 0.717) is 23.7 Å². The Balaban J connectivity index is 2.55. The first kappa shape index (κ1) is 12.3. The molecule has 0 radical (unpaired) electrons. The Morgan fingerprint density at radius 2 is 2.38 bits per heavy atom. The minimum atomic E-state index is -0.635. The van der Waals surface area contributed by atoms with E-state index in [1.165, 1.54) is 6.07 Å². The molecule has 1 N–H and O–H groups in total. The summed E-state index contributed by atoms with van der Waals surface area (Å²) in [6, 6.07) is 6.82. The zero-order valence-corrected chi connectivity index (χ0v) is 9.54. The molecule has 1 rings (SSSR count). The topological polar surface area (TPSA) is 62.1 Å². The van der Waals surface area contributed by atoms with E-state index in [4.69, 9.17) is 21.6 Å². The predicted molar refractivity (Wildman–Crippen MR) is 60.3 cm³/mol. The van der Waals surface area contributed by atoms with Crippen molar-refractivity contribution in [1.29, 1.82) is 5.26 Å². The Bertz CT molecular complexity index is 426. The summed E-state index contributed by atoms with van der Waals surface area (Å²) in [6.45, 7) is 0.387. The van der Waals surface area contributed by atoms with Crippen LogP contribution in [0.5, 0.6) is 5.75 Å². The van der Waals surface area contributed by atoms with Crippen molar-refractivity contribution in [3.8, 4) is 11.8 Å². The number of rotatable bonds is 4. The number of ether oxygens (including phenoxy) is 1. The van der Waals surface area contributed by atoms with Gasteiger partial charge in [-0.3, -0.25) is 4.79 Å². The first-order valence-electron chi connectivity index (χ1n) is 4.67. The highest BCUT2D eigenvalue weighted by atomic mass is 35.5. The summed E-state index contributed by atoms with van der Waals surface area (Å²) < 4.78 is 5.01. The van der Waals surface area contributed by atoms with E-state index in [9.17, 15) is 4.79 Å². The van der Waals surface area contributed by atoms with E-state index < -0.39 is 5.91 Å². The van der Waals surface area contributed by atoms with Gasteiger partial charge in [0.2, 0.25) is 0 Å². The van der Waals surface area contributed by atoms with Crippen LogP contribution in [0, 0.1) is 11.3 Å². The molecule has 0 saturated heterocycles. The Hall–Kier alpha value is -1.73. The second kappa shape index (κ2) is 5.99. The van der Waals surface area contributed by atoms with Gasteiger partial charge in [0.15, 0.2) is 6.07 Å². The third-order valence-electron chi connectivity index (χ3n) is 2.04. The van der Waals surface area contributed by atoms with Crippen molar-refractivity contribution in [2.45, 2.75) is 6.42 Å². The van der Waals surface area contributed by atoms with Crippen LogP contribution in [0.15, 0.2) is 18.2 Å². The van der Waals surface area contributed by atoms with Gasteiger partial charge in [0.05, 0.1) is 7.11 Å². The van der Waals surface area contributed by atoms with Crippen LogP contribution in [-0.4, -0.2) is 19.6 Å². The molecule has 84 valence electrons. The molecule has 0 bridgehead atoms. The van der Waals surface area contributed by atoms with Gasteiger partial charge < -0.3 is 10.1 Å². The molecule has 1 aromatic rings. The number of carbonyl (C=O) groups is 1. The quantitative estimate of drug-likeness (QED) is 0.810. The number of hydrogen-bond donors (Lipinski definition) is 1. The molecule has 0 aliphatic rings. The summed E-state index contributed by atoms with van der Waals surface area (Å²) >= 11 is 6.00. The highest BCUT2D eigenvalue weighted by Crippen LogP contribution is 2.22. The molecule has 5 heteroatoms. The van der Waals surface area contributed by atoms with Crippen LogP contribution in [0.1, 0.15) is 5.56 Å². The number of methoxy groups -OCH3 is 1. The number of nitriles is 1. The number of carbonyl (C=O) groups excluding carboxylic acids is 1. The molecule has 0 fully saturated rings. The van der Waals surface area contributed by atoms with E-state index in [2.05, 4.69) is 5.32 Å². The van der Waals surface area contributed by atoms with E-state index in [-0.39, 0.29) is 0 Å². The van der Waals surface area contributed by atoms with E-state index in [1.54, 1.807) is 19.2 Å². The molecular weight excluding hydrogens is 228 g/mol. The van der Waals surface area contributed by atoms with Gasteiger partial charge >= 0.3 is 5.91 Å². The summed E-state index contributed by atoms with van der Waals surface area (Å²) in [5, 5.41) is 11.3. The van der Waals surface area contributed by atoms with Gasteiger partial charge in [0.1, 0.15) is 5.75 Å². The van der Waals surface area contributed by atoms with Crippen LogP contribution in [0.2, 0.25) is 5.02 Å². The molecule has 0 atom stereocenters. The number of nitrogens with zero attached hydrogens (tertiary/aromatic N) is 1. The summed E-state index contributed by atoms with van der Waals surface area (Å²) in [5.41, 5.74) is 0.903. The first-order valence-corrected chi connectivity index (χ1v) is 5.05. The molecule has 0 heterocycles. The van der Waals surface area contributed by atoms with Crippen molar-refractivity contribution in [2.24, 2.45) is 0 Å². The van der Waals surface area contributed by atoms with Gasteiger partial charge in [-0.05, 0) is 24.1 Å². The number of nitrogens with one attached hydrogen (secondary N) is 1. The molecule has 0 saturated carbocycles. The van der Waals surface area contributed by atoms with Crippen molar-refractivity contribution in [3.05, 3.63) is 28.8 Å². The number of amides is 1. The molecule has 0 spiro atoms. The van der Waals surface area contributed by atoms with Gasteiger partial charge in [0, 0.05) is 11.6 Å². The Morgan fingerprint density at radius 1 is 1.62 bits per heavy atom. The van der Waals surface area contributed by atoms with Crippen LogP contribution in [0.4, 0.5) is 0 Å². The minimum Gasteiger partial charge on any atom is -0.497 e. The molecule has 0 unspecified atom stereocenters. The summed E-state index contributed by atoms with van der Waals surface area (Å²) in [6.07, 6.45) is 0.580. The maximum absolute atomic E-state index is 10.7. The Kier molecular flexibility index (Phi) is 4.62. The maximum atomic E-state index is 10.7. The lowest BCUT2D eigenvalue weighted by Crippen LogP contribution is -2.23. The third-order valence-corrected chi connectivity index (χ3v) is 2.39. The first-order chi connectivity index (χ1) is 7.67. The molecule has 0 aliphatic heterocycles. The summed E-state index contributed by atoms with van der Waals surface area (Å²) in [7, 11) is 1.57. The predicted octanol–water partition coefficient (Wildman–Crippen LogP) is 1.53. The number of benzene rings is 1. The van der Waals surface area contributed by atoms with Gasteiger partial charge in [-0.1, -0.05) is 17.7 Å². The van der Waals surface area contributed by atoms with Crippen molar-refractivity contribution < 1.29 is 9.53 Å². The van der Waals surface area contributed by atoms with E-state index in [1.807, 2.05) is 6.07 Å². The fourth-order valence-corrected chi connectivity index (χ4v) is 1.47. The van der Waals surface area contributed by atoms with Crippen molar-refractivity contribution in [2.75, 3.05) is 13.7 Å². The smallest absolute Gasteiger partial charge is 0.322 e. The highest BCUT2D eigenvalue weighted by Gasteiger charge is 2.03. The maximum Gasteiger partial charge on any atom is 0.322 e. The van der Waals surface area contributed by atoms with Crippen LogP contribution >= 0.6 is 11.6 Å². The zero-order chi connectivity index (χ0) is 12.0. The number of halogens is 1. The second-order valence-corrected chi connectivity index (χ2v) is 3.48. The summed E-state index contributed by atoms with van der Waals surface area (Å²) in [5.74, 6) is 0.0550. The van der Waals surface area contributed by atoms with Crippen molar-refractivity contribution in [1.82, 2.24) is 5.32 Å². The van der Waals surface area contributed by atoms with Gasteiger partial charge in [-0.2, -0.15) is 5.26 Å². The lowest BCUT2D eigenvalue weighted by molar-refractivity contribution is -0.115. The molecule has 4 nitrogen and oxygen atoms in total. The minimum absolute atomic E-state index is 0.387. The van der Waals surface area contributed by atoms with Gasteiger partial charge in [-0.15, -0.1) is 0 Å². The fraction of sp³-hybridized carbons (Fsp3) is 0.273. The van der Waals surface area contributed by atoms with Crippen LogP contribution < -0.4 is 10.1 Å². The normalized spacial score (nSPS) is 9.31. The Morgan fingerprint density at radius 3 is 2.94 bits per heavy atom. The largest absolute Gasteiger partial charge is 0.497 e. The molecule has 0 aromatic heterocycles. The molecule has 1 amide bonds. The van der Waals surface area contributed by atoms with E-state index >= 15 is 0 Å². The van der Waals surface area contributed by atoms with E-state index in [0.717, 1.165) is 5.56 Å². The lowest BCUT2D eigenvalue weighted by Gasteiger charge is -2.06. The van der Waals surface area contributed by atoms with Crippen molar-refractivity contribution >= 4 is 17.5 Å². The summed E-state index contributed by atoms with van der Waals surface area (Å²) in [4.78, 5) is 10.7. The zero-order valence-electron chi connectivity index (χ0n) is 8.79. The molecule has 16 heavy (non-hydrogen) atoms. The Labute approximate surface area is 98.8 Å². The van der Waals surface area contributed by atoms with Gasteiger partial charge in [-0.25, -0.2) is 0 Å². The van der Waals surface area contributed by atoms with Crippen LogP contribution in [0.3, 0.4) is 0 Å². The lowest BCUT2D eigenvalue weighted by atomic mass is 10.1. The van der Waals surface area contributed by atoms with Crippen molar-refractivity contribution in [3.63, 3.8) is 0 Å². The standard InChI is InChI=1S/C11H11ClN2O2/c1-16-9-3-2-8(10(12)6-9)4-5-14-11(15)7-13/h2-3,6H,4-5H2,1H3,(H,14,15). The molecule has 1 aromatic carbocycles. The third kappa shape index (κ3) is 3.44. The van der Waals surface area contributed by atoms with Gasteiger partial charge in [0.25, 0.3) is 0 Å².